The van der Waals surface area contributed by atoms with Gasteiger partial charge in [0.05, 0.1) is 27.1 Å². The Kier molecular flexibility index (Phi) is 9.56. The molecule has 0 aliphatic rings. The quantitative estimate of drug-likeness (QED) is 0.170. The van der Waals surface area contributed by atoms with Gasteiger partial charge in [0, 0.05) is 23.5 Å². The Morgan fingerprint density at radius 1 is 1.18 bits per heavy atom. The number of fused-ring (bicyclic) bond motifs is 1. The minimum atomic E-state index is -0.868. The number of carbonyl (C=O) groups excluding carboxylic acids is 2. The number of para-hydroxylation sites is 1. The van der Waals surface area contributed by atoms with Crippen LogP contribution in [0.15, 0.2) is 47.7 Å². The van der Waals surface area contributed by atoms with Crippen LogP contribution in [0.3, 0.4) is 0 Å². The van der Waals surface area contributed by atoms with Gasteiger partial charge in [0.15, 0.2) is 0 Å². The number of hydrazone groups is 1. The predicted octanol–water partition coefficient (Wildman–Crippen LogP) is 4.83. The van der Waals surface area contributed by atoms with Crippen LogP contribution in [-0.4, -0.2) is 43.0 Å². The average molecular weight is 688 g/mol. The van der Waals surface area contributed by atoms with E-state index in [1.165, 1.54) is 0 Å². The van der Waals surface area contributed by atoms with Gasteiger partial charge in [0.2, 0.25) is 0 Å². The summed E-state index contributed by atoms with van der Waals surface area (Å²) < 4.78 is 12.5. The highest BCUT2D eigenvalue weighted by Gasteiger charge is 2.23. The lowest BCUT2D eigenvalue weighted by Gasteiger charge is -2.17. The molecular formula is C24H26I2N4O4. The summed E-state index contributed by atoms with van der Waals surface area (Å²) in [6.07, 6.45) is 3.04. The Morgan fingerprint density at radius 2 is 1.88 bits per heavy atom. The number of hydrogen-bond acceptors (Lipinski definition) is 5. The van der Waals surface area contributed by atoms with Crippen LogP contribution in [0.1, 0.15) is 25.0 Å². The molecule has 3 rings (SSSR count). The summed E-state index contributed by atoms with van der Waals surface area (Å²) in [5.74, 6) is 0.539. The number of aromatic amines is 1. The van der Waals surface area contributed by atoms with E-state index in [9.17, 15) is 9.59 Å². The average Bonchev–Trinajstić information content (AvgIpc) is 3.20. The summed E-state index contributed by atoms with van der Waals surface area (Å²) in [7, 11) is 1.63. The van der Waals surface area contributed by atoms with E-state index in [-0.39, 0.29) is 18.9 Å². The first-order valence-corrected chi connectivity index (χ1v) is 12.8. The van der Waals surface area contributed by atoms with E-state index in [0.29, 0.717) is 0 Å². The van der Waals surface area contributed by atoms with Crippen LogP contribution in [0.25, 0.3) is 10.9 Å². The minimum Gasteiger partial charge on any atom is -0.495 e. The van der Waals surface area contributed by atoms with Gasteiger partial charge in [-0.2, -0.15) is 5.10 Å². The van der Waals surface area contributed by atoms with Crippen molar-refractivity contribution in [2.24, 2.45) is 11.0 Å². The van der Waals surface area contributed by atoms with Gasteiger partial charge in [-0.05, 0) is 80.4 Å². The zero-order chi connectivity index (χ0) is 24.7. The highest BCUT2D eigenvalue weighted by molar-refractivity contribution is 14.1. The van der Waals surface area contributed by atoms with Crippen LogP contribution in [0.4, 0.5) is 4.79 Å². The summed E-state index contributed by atoms with van der Waals surface area (Å²) in [6.45, 7) is 4.15. The molecule has 0 bridgehead atoms. The van der Waals surface area contributed by atoms with Gasteiger partial charge in [-0.25, -0.2) is 10.2 Å². The maximum absolute atomic E-state index is 13.0. The first kappa shape index (κ1) is 26.3. The lowest BCUT2D eigenvalue weighted by Crippen LogP contribution is -2.47. The minimum absolute atomic E-state index is 0.186. The Bertz CT molecular complexity index is 1170. The molecule has 0 aliphatic heterocycles. The number of alkyl carbamates (subject to hydrolysis) is 1. The molecule has 1 heterocycles. The zero-order valence-electron chi connectivity index (χ0n) is 19.0. The molecule has 0 aliphatic carbocycles. The van der Waals surface area contributed by atoms with Crippen molar-refractivity contribution < 1.29 is 19.1 Å². The van der Waals surface area contributed by atoms with Crippen molar-refractivity contribution in [3.8, 4) is 5.75 Å². The molecule has 3 aromatic rings. The van der Waals surface area contributed by atoms with Gasteiger partial charge < -0.3 is 19.8 Å². The van der Waals surface area contributed by atoms with E-state index in [2.05, 4.69) is 66.0 Å². The number of methoxy groups -OCH3 is 1. The first-order chi connectivity index (χ1) is 16.3. The number of carbonyl (C=O) groups is 2. The standard InChI is InChI=1S/C24H26I2N4O4/c1-14(2)13-34-24(32)29-21(10-16-12-27-20-7-5-4-6-17(16)20)23(31)30-28-11-15-8-18(25)22(33-3)19(26)9-15/h4-9,11-12,14,21,27H,10,13H2,1-3H3,(H,29,32)(H,30,31). The fourth-order valence-electron chi connectivity index (χ4n) is 3.25. The maximum atomic E-state index is 13.0. The molecule has 0 spiro atoms. The van der Waals surface area contributed by atoms with Crippen molar-refractivity contribution >= 4 is 74.3 Å². The van der Waals surface area contributed by atoms with Crippen molar-refractivity contribution in [1.29, 1.82) is 0 Å². The van der Waals surface area contributed by atoms with Crippen LogP contribution in [0.2, 0.25) is 0 Å². The Morgan fingerprint density at radius 3 is 2.56 bits per heavy atom. The second-order valence-corrected chi connectivity index (χ2v) is 10.3. The molecule has 1 atom stereocenters. The molecule has 1 aromatic heterocycles. The second kappa shape index (κ2) is 12.4. The number of nitrogens with one attached hydrogen (secondary N) is 3. The highest BCUT2D eigenvalue weighted by atomic mass is 127. The molecule has 1 unspecified atom stereocenters. The third-order valence-corrected chi connectivity index (χ3v) is 6.47. The van der Waals surface area contributed by atoms with Gasteiger partial charge >= 0.3 is 6.09 Å². The van der Waals surface area contributed by atoms with Crippen molar-refractivity contribution in [1.82, 2.24) is 15.7 Å². The molecule has 0 radical (unpaired) electrons. The third kappa shape index (κ3) is 7.08. The summed E-state index contributed by atoms with van der Waals surface area (Å²) in [5, 5.41) is 7.77. The number of benzene rings is 2. The number of hydrogen-bond donors (Lipinski definition) is 3. The number of aromatic nitrogens is 1. The van der Waals surface area contributed by atoms with Gasteiger partial charge in [0.1, 0.15) is 11.8 Å². The summed E-state index contributed by atoms with van der Waals surface area (Å²) >= 11 is 4.38. The van der Waals surface area contributed by atoms with Crippen molar-refractivity contribution in [2.45, 2.75) is 26.3 Å². The molecular weight excluding hydrogens is 662 g/mol. The molecule has 34 heavy (non-hydrogen) atoms. The van der Waals surface area contributed by atoms with Crippen LogP contribution < -0.4 is 15.5 Å². The van der Waals surface area contributed by atoms with Crippen molar-refractivity contribution in [3.63, 3.8) is 0 Å². The second-order valence-electron chi connectivity index (χ2n) is 8.00. The van der Waals surface area contributed by atoms with E-state index in [1.807, 2.05) is 56.4 Å². The van der Waals surface area contributed by atoms with Crippen molar-refractivity contribution in [3.05, 3.63) is 60.9 Å². The number of ether oxygens (including phenoxy) is 2. The van der Waals surface area contributed by atoms with E-state index in [0.717, 1.165) is 34.9 Å². The normalized spacial score (nSPS) is 12.2. The molecule has 10 heteroatoms. The van der Waals surface area contributed by atoms with Crippen LogP contribution >= 0.6 is 45.2 Å². The number of rotatable bonds is 9. The molecule has 8 nitrogen and oxygen atoms in total. The first-order valence-electron chi connectivity index (χ1n) is 10.6. The van der Waals surface area contributed by atoms with Crippen LogP contribution in [-0.2, 0) is 16.0 Å². The van der Waals surface area contributed by atoms with E-state index in [1.54, 1.807) is 13.3 Å². The molecule has 2 amide bonds. The summed E-state index contributed by atoms with van der Waals surface area (Å²) in [5.41, 5.74) is 5.22. The Hall–Kier alpha value is -2.35. The van der Waals surface area contributed by atoms with Gasteiger partial charge in [-0.1, -0.05) is 32.0 Å². The SMILES string of the molecule is COc1c(I)cc(C=NNC(=O)C(Cc2c[nH]c3ccccc23)NC(=O)OCC(C)C)cc1I. The molecule has 0 fully saturated rings. The number of halogens is 2. The fraction of sp³-hybridized carbons (Fsp3) is 0.292. The Labute approximate surface area is 225 Å². The van der Waals surface area contributed by atoms with Crippen molar-refractivity contribution in [2.75, 3.05) is 13.7 Å². The number of nitrogens with zero attached hydrogens (tertiary/aromatic N) is 1. The zero-order valence-corrected chi connectivity index (χ0v) is 23.3. The number of H-pyrrole nitrogens is 1. The topological polar surface area (TPSA) is 105 Å². The smallest absolute Gasteiger partial charge is 0.407 e. The molecule has 0 saturated carbocycles. The highest BCUT2D eigenvalue weighted by Crippen LogP contribution is 2.28. The van der Waals surface area contributed by atoms with Crippen LogP contribution in [0, 0.1) is 13.1 Å². The van der Waals surface area contributed by atoms with Gasteiger partial charge in [-0.3, -0.25) is 4.79 Å². The monoisotopic (exact) mass is 688 g/mol. The molecule has 3 N–H and O–H groups in total. The molecule has 0 saturated heterocycles. The van der Waals surface area contributed by atoms with Gasteiger partial charge in [-0.15, -0.1) is 0 Å². The van der Waals surface area contributed by atoms with E-state index >= 15 is 0 Å². The molecule has 2 aromatic carbocycles. The van der Waals surface area contributed by atoms with E-state index in [4.69, 9.17) is 9.47 Å². The summed E-state index contributed by atoms with van der Waals surface area (Å²) in [6, 6.07) is 10.7. The molecule has 180 valence electrons. The van der Waals surface area contributed by atoms with Gasteiger partial charge in [0.25, 0.3) is 5.91 Å². The largest absolute Gasteiger partial charge is 0.495 e. The number of amides is 2. The lowest BCUT2D eigenvalue weighted by molar-refractivity contribution is -0.123. The van der Waals surface area contributed by atoms with E-state index < -0.39 is 18.0 Å². The third-order valence-electron chi connectivity index (χ3n) is 4.87. The van der Waals surface area contributed by atoms with Crippen LogP contribution in [0.5, 0.6) is 5.75 Å². The predicted molar refractivity (Wildman–Crippen MR) is 149 cm³/mol. The lowest BCUT2D eigenvalue weighted by atomic mass is 10.0. The maximum Gasteiger partial charge on any atom is 0.407 e. The summed E-state index contributed by atoms with van der Waals surface area (Å²) in [4.78, 5) is 28.5. The fourth-order valence-corrected chi connectivity index (χ4v) is 5.51. The Balaban J connectivity index is 1.74.